The van der Waals surface area contributed by atoms with Gasteiger partial charge in [0.2, 0.25) is 11.8 Å². The van der Waals surface area contributed by atoms with Crippen molar-refractivity contribution >= 4 is 5.91 Å². The summed E-state index contributed by atoms with van der Waals surface area (Å²) in [6.45, 7) is 1.37. The minimum Gasteiger partial charge on any atom is -0.472 e. The van der Waals surface area contributed by atoms with Crippen LogP contribution in [0.2, 0.25) is 0 Å². The highest BCUT2D eigenvalue weighted by molar-refractivity contribution is 5.78. The minimum atomic E-state index is -0.0329. The van der Waals surface area contributed by atoms with Gasteiger partial charge in [-0.3, -0.25) is 4.79 Å². The van der Waals surface area contributed by atoms with Crippen molar-refractivity contribution < 1.29 is 9.53 Å². The van der Waals surface area contributed by atoms with Crippen LogP contribution in [0, 0.1) is 0 Å². The molecule has 4 rings (SSSR count). The number of piperidine rings is 1. The summed E-state index contributed by atoms with van der Waals surface area (Å²) in [7, 11) is 0. The molecule has 0 N–H and O–H groups in total. The molecule has 0 bridgehead atoms. The molecule has 0 aliphatic carbocycles. The van der Waals surface area contributed by atoms with Crippen LogP contribution in [-0.2, 0) is 4.79 Å². The maximum absolute atomic E-state index is 13.2. The van der Waals surface area contributed by atoms with Crippen LogP contribution in [0.3, 0.4) is 0 Å². The SMILES string of the molecule is O=C(CC(c1ccccc1)c1ccccc1)N1CCCC(Oc2ccncn2)C1. The number of nitrogens with zero attached hydrogens (tertiary/aromatic N) is 3. The number of hydrogen-bond acceptors (Lipinski definition) is 4. The maximum atomic E-state index is 13.2. The molecule has 1 unspecified atom stereocenters. The molecule has 3 aromatic rings. The van der Waals surface area contributed by atoms with E-state index in [1.807, 2.05) is 41.3 Å². The van der Waals surface area contributed by atoms with Gasteiger partial charge in [-0.25, -0.2) is 9.97 Å². The summed E-state index contributed by atoms with van der Waals surface area (Å²) in [5.74, 6) is 0.775. The van der Waals surface area contributed by atoms with E-state index in [1.54, 1.807) is 12.3 Å². The summed E-state index contributed by atoms with van der Waals surface area (Å²) >= 11 is 0. The van der Waals surface area contributed by atoms with Crippen molar-refractivity contribution in [2.75, 3.05) is 13.1 Å². The third kappa shape index (κ3) is 4.99. The Kier molecular flexibility index (Phi) is 6.15. The van der Waals surface area contributed by atoms with Gasteiger partial charge in [0, 0.05) is 31.1 Å². The number of ether oxygens (including phenoxy) is 1. The Labute approximate surface area is 171 Å². The molecule has 1 amide bonds. The molecule has 0 spiro atoms. The van der Waals surface area contributed by atoms with Crippen LogP contribution in [0.4, 0.5) is 0 Å². The normalized spacial score (nSPS) is 16.6. The number of amides is 1. The molecule has 1 fully saturated rings. The van der Waals surface area contributed by atoms with E-state index in [0.717, 1.165) is 30.5 Å². The van der Waals surface area contributed by atoms with Crippen molar-refractivity contribution in [3.63, 3.8) is 0 Å². The number of hydrogen-bond donors (Lipinski definition) is 0. The maximum Gasteiger partial charge on any atom is 0.223 e. The lowest BCUT2D eigenvalue weighted by Crippen LogP contribution is -2.44. The quantitative estimate of drug-likeness (QED) is 0.640. The largest absolute Gasteiger partial charge is 0.472 e. The van der Waals surface area contributed by atoms with Crippen molar-refractivity contribution in [1.82, 2.24) is 14.9 Å². The zero-order valence-electron chi connectivity index (χ0n) is 16.4. The summed E-state index contributed by atoms with van der Waals surface area (Å²) in [5.41, 5.74) is 2.33. The second kappa shape index (κ2) is 9.32. The first-order valence-corrected chi connectivity index (χ1v) is 10.1. The molecule has 2 heterocycles. The van der Waals surface area contributed by atoms with Gasteiger partial charge in [0.1, 0.15) is 12.4 Å². The molecule has 1 atom stereocenters. The van der Waals surface area contributed by atoms with Crippen molar-refractivity contribution in [3.05, 3.63) is 90.4 Å². The molecule has 1 aliphatic rings. The van der Waals surface area contributed by atoms with Crippen molar-refractivity contribution in [2.45, 2.75) is 31.3 Å². The first-order chi connectivity index (χ1) is 14.3. The highest BCUT2D eigenvalue weighted by Crippen LogP contribution is 2.29. The van der Waals surface area contributed by atoms with Crippen LogP contribution in [0.25, 0.3) is 0 Å². The Balaban J connectivity index is 1.46. The fourth-order valence-corrected chi connectivity index (χ4v) is 3.88. The first kappa shape index (κ1) is 19.1. The van der Waals surface area contributed by atoms with Crippen molar-refractivity contribution in [2.24, 2.45) is 0 Å². The third-order valence-corrected chi connectivity index (χ3v) is 5.36. The molecule has 1 aliphatic heterocycles. The number of carbonyl (C=O) groups excluding carboxylic acids is 1. The molecule has 1 aromatic heterocycles. The number of likely N-dealkylation sites (tertiary alicyclic amines) is 1. The molecule has 1 saturated heterocycles. The Bertz CT molecular complexity index is 864. The van der Waals surface area contributed by atoms with Crippen molar-refractivity contribution in [3.8, 4) is 5.88 Å². The fraction of sp³-hybridized carbons (Fsp3) is 0.292. The summed E-state index contributed by atoms with van der Waals surface area (Å²) in [6, 6.07) is 22.3. The molecular weight excluding hydrogens is 362 g/mol. The molecule has 5 nitrogen and oxygen atoms in total. The van der Waals surface area contributed by atoms with Gasteiger partial charge in [0.05, 0.1) is 6.54 Å². The molecule has 0 saturated carbocycles. The topological polar surface area (TPSA) is 55.3 Å². The standard InChI is InChI=1S/C24H25N3O2/c28-24(27-15-7-12-21(17-27)29-23-13-14-25-18-26-23)16-22(19-8-3-1-4-9-19)20-10-5-2-6-11-20/h1-6,8-11,13-14,18,21-22H,7,12,15-17H2. The van der Waals surface area contributed by atoms with E-state index in [4.69, 9.17) is 4.74 Å². The van der Waals surface area contributed by atoms with E-state index < -0.39 is 0 Å². The highest BCUT2D eigenvalue weighted by Gasteiger charge is 2.27. The van der Waals surface area contributed by atoms with Gasteiger partial charge < -0.3 is 9.64 Å². The van der Waals surface area contributed by atoms with Crippen LogP contribution >= 0.6 is 0 Å². The van der Waals surface area contributed by atoms with E-state index in [9.17, 15) is 4.79 Å². The third-order valence-electron chi connectivity index (χ3n) is 5.36. The van der Waals surface area contributed by atoms with E-state index in [-0.39, 0.29) is 17.9 Å². The highest BCUT2D eigenvalue weighted by atomic mass is 16.5. The lowest BCUT2D eigenvalue weighted by molar-refractivity contribution is -0.134. The molecule has 2 aromatic carbocycles. The van der Waals surface area contributed by atoms with Crippen LogP contribution in [0.1, 0.15) is 36.3 Å². The molecule has 148 valence electrons. The van der Waals surface area contributed by atoms with Gasteiger partial charge in [-0.15, -0.1) is 0 Å². The fourth-order valence-electron chi connectivity index (χ4n) is 3.88. The van der Waals surface area contributed by atoms with Gasteiger partial charge in [0.25, 0.3) is 0 Å². The predicted molar refractivity (Wildman–Crippen MR) is 112 cm³/mol. The summed E-state index contributed by atoms with van der Waals surface area (Å²) in [5, 5.41) is 0. The van der Waals surface area contributed by atoms with Crippen LogP contribution in [-0.4, -0.2) is 40.0 Å². The second-order valence-corrected chi connectivity index (χ2v) is 7.35. The summed E-state index contributed by atoms with van der Waals surface area (Å²) < 4.78 is 5.96. The average molecular weight is 387 g/mol. The van der Waals surface area contributed by atoms with Gasteiger partial charge in [-0.1, -0.05) is 60.7 Å². The van der Waals surface area contributed by atoms with E-state index in [2.05, 4.69) is 34.2 Å². The van der Waals surface area contributed by atoms with E-state index >= 15 is 0 Å². The Hall–Kier alpha value is -3.21. The number of rotatable bonds is 6. The lowest BCUT2D eigenvalue weighted by Gasteiger charge is -2.33. The van der Waals surface area contributed by atoms with Gasteiger partial charge >= 0.3 is 0 Å². The lowest BCUT2D eigenvalue weighted by atomic mass is 9.88. The number of carbonyl (C=O) groups is 1. The van der Waals surface area contributed by atoms with Crippen LogP contribution in [0.15, 0.2) is 79.3 Å². The molecule has 29 heavy (non-hydrogen) atoms. The van der Waals surface area contributed by atoms with Crippen LogP contribution in [0.5, 0.6) is 5.88 Å². The number of aromatic nitrogens is 2. The Morgan fingerprint density at radius 3 is 2.34 bits per heavy atom. The van der Waals surface area contributed by atoms with Gasteiger partial charge in [0.15, 0.2) is 0 Å². The van der Waals surface area contributed by atoms with Crippen LogP contribution < -0.4 is 4.74 Å². The monoisotopic (exact) mass is 387 g/mol. The van der Waals surface area contributed by atoms with E-state index in [1.165, 1.54) is 6.33 Å². The van der Waals surface area contributed by atoms with Gasteiger partial charge in [-0.05, 0) is 24.0 Å². The smallest absolute Gasteiger partial charge is 0.223 e. The minimum absolute atomic E-state index is 0.0329. The first-order valence-electron chi connectivity index (χ1n) is 10.1. The zero-order valence-corrected chi connectivity index (χ0v) is 16.4. The summed E-state index contributed by atoms with van der Waals surface area (Å²) in [6.07, 6.45) is 5.42. The Morgan fingerprint density at radius 2 is 1.72 bits per heavy atom. The van der Waals surface area contributed by atoms with E-state index in [0.29, 0.717) is 18.8 Å². The molecule has 5 heteroatoms. The molecule has 0 radical (unpaired) electrons. The molecular formula is C24H25N3O2. The second-order valence-electron chi connectivity index (χ2n) is 7.35. The summed E-state index contributed by atoms with van der Waals surface area (Å²) in [4.78, 5) is 23.2. The van der Waals surface area contributed by atoms with Gasteiger partial charge in [-0.2, -0.15) is 0 Å². The average Bonchev–Trinajstić information content (AvgIpc) is 2.79. The predicted octanol–water partition coefficient (Wildman–Crippen LogP) is 4.07. The van der Waals surface area contributed by atoms with Crippen molar-refractivity contribution in [1.29, 1.82) is 0 Å². The number of benzene rings is 2. The zero-order chi connectivity index (χ0) is 19.9. The Morgan fingerprint density at radius 1 is 1.03 bits per heavy atom.